The predicted octanol–water partition coefficient (Wildman–Crippen LogP) is 0.869. The third kappa shape index (κ3) is 4.49. The molecule has 0 aromatic heterocycles. The minimum Gasteiger partial charge on any atom is -0.375 e. The summed E-state index contributed by atoms with van der Waals surface area (Å²) >= 11 is 0. The van der Waals surface area contributed by atoms with Gasteiger partial charge in [0, 0.05) is 26.2 Å². The number of nitrogens with one attached hydrogen (secondary N) is 1. The Labute approximate surface area is 98.3 Å². The van der Waals surface area contributed by atoms with E-state index in [0.717, 1.165) is 32.5 Å². The summed E-state index contributed by atoms with van der Waals surface area (Å²) in [5.74, 6) is 0.840. The molecule has 1 fully saturated rings. The van der Waals surface area contributed by atoms with Crippen LogP contribution in [0.3, 0.4) is 0 Å². The Balaban J connectivity index is 2.20. The summed E-state index contributed by atoms with van der Waals surface area (Å²) in [7, 11) is 1.57. The Hall–Kier alpha value is -0.610. The number of hydrogen-bond donors (Lipinski definition) is 1. The molecule has 1 heterocycles. The fourth-order valence-corrected chi connectivity index (χ4v) is 2.00. The molecule has 1 aliphatic heterocycles. The second kappa shape index (κ2) is 6.86. The number of carbonyl (C=O) groups is 1. The highest BCUT2D eigenvalue weighted by molar-refractivity contribution is 5.77. The van der Waals surface area contributed by atoms with E-state index in [1.807, 2.05) is 4.90 Å². The van der Waals surface area contributed by atoms with Crippen LogP contribution < -0.4 is 5.32 Å². The maximum atomic E-state index is 11.6. The lowest BCUT2D eigenvalue weighted by Gasteiger charge is -2.32. The maximum absolute atomic E-state index is 11.6. The first kappa shape index (κ1) is 13.5. The van der Waals surface area contributed by atoms with Crippen LogP contribution in [0.2, 0.25) is 0 Å². The molecule has 0 bridgehead atoms. The van der Waals surface area contributed by atoms with Gasteiger partial charge in [-0.2, -0.15) is 0 Å². The minimum atomic E-state index is 0.123. The number of piperidine rings is 1. The van der Waals surface area contributed by atoms with Crippen molar-refractivity contribution in [2.75, 3.05) is 33.4 Å². The van der Waals surface area contributed by atoms with Crippen molar-refractivity contribution in [2.24, 2.45) is 5.92 Å². The third-order valence-electron chi connectivity index (χ3n) is 3.05. The standard InChI is InChI=1S/C12H24N2O2/c1-10(2)13-8-11-4-6-14(7-5-11)12(15)9-16-3/h10-11,13H,4-9H2,1-3H3. The first-order valence-electron chi connectivity index (χ1n) is 6.13. The van der Waals surface area contributed by atoms with E-state index in [0.29, 0.717) is 12.0 Å². The van der Waals surface area contributed by atoms with Crippen LogP contribution in [0.4, 0.5) is 0 Å². The van der Waals surface area contributed by atoms with Crippen LogP contribution in [0.1, 0.15) is 26.7 Å². The van der Waals surface area contributed by atoms with Crippen LogP contribution in [-0.2, 0) is 9.53 Å². The van der Waals surface area contributed by atoms with Crippen molar-refractivity contribution >= 4 is 5.91 Å². The Kier molecular flexibility index (Phi) is 5.77. The molecule has 0 radical (unpaired) electrons. The van der Waals surface area contributed by atoms with Gasteiger partial charge in [0.15, 0.2) is 0 Å². The number of rotatable bonds is 5. The second-order valence-electron chi connectivity index (χ2n) is 4.82. The van der Waals surface area contributed by atoms with Crippen molar-refractivity contribution in [3.05, 3.63) is 0 Å². The fraction of sp³-hybridized carbons (Fsp3) is 0.917. The van der Waals surface area contributed by atoms with Gasteiger partial charge in [-0.15, -0.1) is 0 Å². The Morgan fingerprint density at radius 1 is 1.44 bits per heavy atom. The molecule has 1 aliphatic rings. The van der Waals surface area contributed by atoms with Gasteiger partial charge < -0.3 is 15.0 Å². The lowest BCUT2D eigenvalue weighted by molar-refractivity contribution is -0.136. The molecule has 0 atom stereocenters. The number of nitrogens with zero attached hydrogens (tertiary/aromatic N) is 1. The molecule has 94 valence electrons. The van der Waals surface area contributed by atoms with Crippen LogP contribution in [0.25, 0.3) is 0 Å². The monoisotopic (exact) mass is 228 g/mol. The summed E-state index contributed by atoms with van der Waals surface area (Å²) in [6, 6.07) is 0.549. The highest BCUT2D eigenvalue weighted by Gasteiger charge is 2.22. The highest BCUT2D eigenvalue weighted by atomic mass is 16.5. The number of likely N-dealkylation sites (tertiary alicyclic amines) is 1. The van der Waals surface area contributed by atoms with Crippen molar-refractivity contribution < 1.29 is 9.53 Å². The van der Waals surface area contributed by atoms with Crippen molar-refractivity contribution in [3.63, 3.8) is 0 Å². The predicted molar refractivity (Wildman–Crippen MR) is 64.3 cm³/mol. The molecule has 0 aliphatic carbocycles. The molecule has 1 saturated heterocycles. The van der Waals surface area contributed by atoms with E-state index in [9.17, 15) is 4.79 Å². The van der Waals surface area contributed by atoms with Crippen LogP contribution >= 0.6 is 0 Å². The average molecular weight is 228 g/mol. The lowest BCUT2D eigenvalue weighted by atomic mass is 9.96. The molecule has 0 spiro atoms. The average Bonchev–Trinajstić information content (AvgIpc) is 2.27. The van der Waals surface area contributed by atoms with Crippen LogP contribution in [0, 0.1) is 5.92 Å². The molecule has 0 aromatic carbocycles. The second-order valence-corrected chi connectivity index (χ2v) is 4.82. The van der Waals surface area contributed by atoms with Gasteiger partial charge in [0.05, 0.1) is 0 Å². The Bertz CT molecular complexity index is 211. The number of amides is 1. The number of carbonyl (C=O) groups excluding carboxylic acids is 1. The third-order valence-corrected chi connectivity index (χ3v) is 3.05. The molecule has 16 heavy (non-hydrogen) atoms. The van der Waals surface area contributed by atoms with Crippen LogP contribution in [0.5, 0.6) is 0 Å². The largest absolute Gasteiger partial charge is 0.375 e. The maximum Gasteiger partial charge on any atom is 0.248 e. The zero-order chi connectivity index (χ0) is 12.0. The van der Waals surface area contributed by atoms with Gasteiger partial charge in [0.1, 0.15) is 6.61 Å². The normalized spacial score (nSPS) is 18.1. The van der Waals surface area contributed by atoms with Crippen molar-refractivity contribution in [3.8, 4) is 0 Å². The van der Waals surface area contributed by atoms with E-state index in [4.69, 9.17) is 4.74 Å². The molecule has 0 saturated carbocycles. The topological polar surface area (TPSA) is 41.6 Å². The van der Waals surface area contributed by atoms with Gasteiger partial charge in [-0.05, 0) is 25.3 Å². The molecule has 1 rings (SSSR count). The van der Waals surface area contributed by atoms with Crippen LogP contribution in [-0.4, -0.2) is 50.2 Å². The number of hydrogen-bond acceptors (Lipinski definition) is 3. The van der Waals surface area contributed by atoms with Gasteiger partial charge >= 0.3 is 0 Å². The van der Waals surface area contributed by atoms with E-state index < -0.39 is 0 Å². The molecular weight excluding hydrogens is 204 g/mol. The molecule has 1 N–H and O–H groups in total. The zero-order valence-electron chi connectivity index (χ0n) is 10.7. The van der Waals surface area contributed by atoms with E-state index in [1.54, 1.807) is 7.11 Å². The van der Waals surface area contributed by atoms with Crippen molar-refractivity contribution in [2.45, 2.75) is 32.7 Å². The molecule has 4 nitrogen and oxygen atoms in total. The van der Waals surface area contributed by atoms with Crippen LogP contribution in [0.15, 0.2) is 0 Å². The van der Waals surface area contributed by atoms with Gasteiger partial charge in [0.2, 0.25) is 5.91 Å². The smallest absolute Gasteiger partial charge is 0.248 e. The van der Waals surface area contributed by atoms with Gasteiger partial charge in [-0.3, -0.25) is 4.79 Å². The summed E-state index contributed by atoms with van der Waals surface area (Å²) in [4.78, 5) is 13.5. The van der Waals surface area contributed by atoms with E-state index in [1.165, 1.54) is 0 Å². The van der Waals surface area contributed by atoms with E-state index >= 15 is 0 Å². The van der Waals surface area contributed by atoms with Gasteiger partial charge in [-0.25, -0.2) is 0 Å². The molecule has 0 aromatic rings. The summed E-state index contributed by atoms with van der Waals surface area (Å²) in [6.07, 6.45) is 2.21. The molecule has 1 amide bonds. The minimum absolute atomic E-state index is 0.123. The fourth-order valence-electron chi connectivity index (χ4n) is 2.00. The van der Waals surface area contributed by atoms with Crippen molar-refractivity contribution in [1.29, 1.82) is 0 Å². The van der Waals surface area contributed by atoms with Gasteiger partial charge in [-0.1, -0.05) is 13.8 Å². The summed E-state index contributed by atoms with van der Waals surface area (Å²) < 4.78 is 4.86. The summed E-state index contributed by atoms with van der Waals surface area (Å²) in [5, 5.41) is 3.46. The highest BCUT2D eigenvalue weighted by Crippen LogP contribution is 2.16. The molecule has 0 unspecified atom stereocenters. The number of ether oxygens (including phenoxy) is 1. The van der Waals surface area contributed by atoms with Crippen molar-refractivity contribution in [1.82, 2.24) is 10.2 Å². The van der Waals surface area contributed by atoms with Gasteiger partial charge in [0.25, 0.3) is 0 Å². The summed E-state index contributed by atoms with van der Waals surface area (Å²) in [5.41, 5.74) is 0. The molecule has 4 heteroatoms. The Morgan fingerprint density at radius 2 is 2.06 bits per heavy atom. The van der Waals surface area contributed by atoms with E-state index in [-0.39, 0.29) is 12.5 Å². The summed E-state index contributed by atoms with van der Waals surface area (Å²) in [6.45, 7) is 7.38. The lowest BCUT2D eigenvalue weighted by Crippen LogP contribution is -2.42. The Morgan fingerprint density at radius 3 is 2.56 bits per heavy atom. The first-order chi connectivity index (χ1) is 7.63. The first-order valence-corrected chi connectivity index (χ1v) is 6.13. The quantitative estimate of drug-likeness (QED) is 0.759. The van der Waals surface area contributed by atoms with E-state index in [2.05, 4.69) is 19.2 Å². The SMILES string of the molecule is COCC(=O)N1CCC(CNC(C)C)CC1. The number of methoxy groups -OCH3 is 1. The molecular formula is C12H24N2O2. The zero-order valence-corrected chi connectivity index (χ0v) is 10.7.